The summed E-state index contributed by atoms with van der Waals surface area (Å²) >= 11 is 0. The molecule has 0 aliphatic heterocycles. The molecule has 0 radical (unpaired) electrons. The molecule has 0 atom stereocenters. The number of amides is 1. The highest BCUT2D eigenvalue weighted by Crippen LogP contribution is 2.30. The summed E-state index contributed by atoms with van der Waals surface area (Å²) in [6, 6.07) is 7.53. The zero-order valence-electron chi connectivity index (χ0n) is 11.1. The van der Waals surface area contributed by atoms with Crippen LogP contribution >= 0.6 is 0 Å². The molecular weight excluding hydrogens is 268 g/mol. The Bertz CT molecular complexity index is 810. The third-order valence-electron chi connectivity index (χ3n) is 3.50. The van der Waals surface area contributed by atoms with Crippen LogP contribution in [0.5, 0.6) is 0 Å². The molecule has 21 heavy (non-hydrogen) atoms. The fourth-order valence-corrected chi connectivity index (χ4v) is 2.19. The Morgan fingerprint density at radius 3 is 2.90 bits per heavy atom. The van der Waals surface area contributed by atoms with Crippen molar-refractivity contribution in [1.29, 1.82) is 0 Å². The number of carbonyl (C=O) groups is 1. The van der Waals surface area contributed by atoms with Crippen molar-refractivity contribution in [3.8, 4) is 11.3 Å². The van der Waals surface area contributed by atoms with Crippen LogP contribution in [0.2, 0.25) is 0 Å². The lowest BCUT2D eigenvalue weighted by atomic mass is 10.1. The van der Waals surface area contributed by atoms with Crippen LogP contribution in [0.3, 0.4) is 0 Å². The maximum absolute atomic E-state index is 11.8. The molecule has 1 aromatic carbocycles. The number of anilines is 1. The van der Waals surface area contributed by atoms with Gasteiger partial charge in [-0.15, -0.1) is 10.2 Å². The predicted octanol–water partition coefficient (Wildman–Crippen LogP) is 2.63. The second kappa shape index (κ2) is 4.66. The normalized spacial score (nSPS) is 14.3. The van der Waals surface area contributed by atoms with Crippen molar-refractivity contribution in [2.24, 2.45) is 5.92 Å². The van der Waals surface area contributed by atoms with Gasteiger partial charge in [0.2, 0.25) is 5.91 Å². The Morgan fingerprint density at radius 2 is 2.14 bits per heavy atom. The highest BCUT2D eigenvalue weighted by atomic mass is 16.3. The van der Waals surface area contributed by atoms with Crippen LogP contribution in [-0.2, 0) is 4.79 Å². The van der Waals surface area contributed by atoms with Gasteiger partial charge < -0.3 is 9.73 Å². The maximum Gasteiger partial charge on any atom is 0.228 e. The summed E-state index contributed by atoms with van der Waals surface area (Å²) in [4.78, 5) is 15.7. The molecule has 0 bridgehead atoms. The summed E-state index contributed by atoms with van der Waals surface area (Å²) in [5.74, 6) is 1.34. The van der Waals surface area contributed by atoms with Crippen molar-refractivity contribution in [3.05, 3.63) is 36.9 Å². The third-order valence-corrected chi connectivity index (χ3v) is 3.50. The molecule has 1 saturated carbocycles. The van der Waals surface area contributed by atoms with E-state index >= 15 is 0 Å². The molecule has 0 saturated heterocycles. The minimum Gasteiger partial charge on any atom is -0.444 e. The van der Waals surface area contributed by atoms with Crippen molar-refractivity contribution in [3.63, 3.8) is 0 Å². The molecule has 1 aliphatic rings. The third kappa shape index (κ3) is 2.35. The molecular formula is C15H12N4O2. The number of fused-ring (bicyclic) bond motifs is 1. The second-order valence-corrected chi connectivity index (χ2v) is 5.13. The van der Waals surface area contributed by atoms with E-state index in [1.165, 1.54) is 6.39 Å². The highest BCUT2D eigenvalue weighted by molar-refractivity contribution is 5.95. The van der Waals surface area contributed by atoms with Crippen LogP contribution in [0.4, 0.5) is 5.82 Å². The summed E-state index contributed by atoms with van der Waals surface area (Å²) in [6.07, 6.45) is 4.97. The van der Waals surface area contributed by atoms with E-state index in [0.717, 1.165) is 29.3 Å². The number of carbonyl (C=O) groups excluding carboxylic acids is 1. The molecule has 4 rings (SSSR count). The van der Waals surface area contributed by atoms with E-state index in [0.29, 0.717) is 11.6 Å². The molecule has 6 nitrogen and oxygen atoms in total. The maximum atomic E-state index is 11.8. The number of benzene rings is 1. The number of oxazole rings is 1. The van der Waals surface area contributed by atoms with Crippen molar-refractivity contribution in [1.82, 2.24) is 15.2 Å². The van der Waals surface area contributed by atoms with E-state index in [4.69, 9.17) is 4.42 Å². The Morgan fingerprint density at radius 1 is 1.24 bits per heavy atom. The predicted molar refractivity (Wildman–Crippen MR) is 76.4 cm³/mol. The number of rotatable bonds is 3. The van der Waals surface area contributed by atoms with E-state index < -0.39 is 0 Å². The molecule has 1 aliphatic carbocycles. The highest BCUT2D eigenvalue weighted by Gasteiger charge is 2.29. The summed E-state index contributed by atoms with van der Waals surface area (Å²) in [7, 11) is 0. The van der Waals surface area contributed by atoms with Crippen LogP contribution in [0.15, 0.2) is 41.3 Å². The standard InChI is InChI=1S/C15H12N4O2/c20-15(9-1-2-9)17-14-6-11-5-10(13-7-16-8-21-13)3-4-12(11)18-19-14/h3-9H,1-2H2,(H,17,19,20). The number of aromatic nitrogens is 3. The van der Waals surface area contributed by atoms with Crippen molar-refractivity contribution < 1.29 is 9.21 Å². The van der Waals surface area contributed by atoms with Crippen LogP contribution in [0.25, 0.3) is 22.2 Å². The molecule has 0 unspecified atom stereocenters. The summed E-state index contributed by atoms with van der Waals surface area (Å²) in [5, 5.41) is 11.9. The van der Waals surface area contributed by atoms with Crippen molar-refractivity contribution in [2.45, 2.75) is 12.8 Å². The van der Waals surface area contributed by atoms with Crippen molar-refractivity contribution in [2.75, 3.05) is 5.32 Å². The van der Waals surface area contributed by atoms with Gasteiger partial charge in [-0.05, 0) is 37.1 Å². The molecule has 104 valence electrons. The first kappa shape index (κ1) is 12.0. The lowest BCUT2D eigenvalue weighted by molar-refractivity contribution is -0.117. The molecule has 0 spiro atoms. The number of hydrogen-bond donors (Lipinski definition) is 1. The van der Waals surface area contributed by atoms with E-state index in [9.17, 15) is 4.79 Å². The zero-order chi connectivity index (χ0) is 14.2. The average molecular weight is 280 g/mol. The lowest BCUT2D eigenvalue weighted by Gasteiger charge is -2.04. The van der Waals surface area contributed by atoms with Crippen LogP contribution < -0.4 is 5.32 Å². The molecule has 1 N–H and O–H groups in total. The summed E-state index contributed by atoms with van der Waals surface area (Å²) in [5.41, 5.74) is 1.68. The van der Waals surface area contributed by atoms with Crippen LogP contribution in [0.1, 0.15) is 12.8 Å². The van der Waals surface area contributed by atoms with Crippen LogP contribution in [-0.4, -0.2) is 21.1 Å². The minimum atomic E-state index is 0.0232. The van der Waals surface area contributed by atoms with E-state index in [2.05, 4.69) is 20.5 Å². The molecule has 1 amide bonds. The van der Waals surface area contributed by atoms with Gasteiger partial charge in [0.1, 0.15) is 0 Å². The van der Waals surface area contributed by atoms with Gasteiger partial charge in [0.15, 0.2) is 18.0 Å². The minimum absolute atomic E-state index is 0.0232. The first-order chi connectivity index (χ1) is 10.3. The van der Waals surface area contributed by atoms with Crippen molar-refractivity contribution >= 4 is 22.6 Å². The fourth-order valence-electron chi connectivity index (χ4n) is 2.19. The first-order valence-electron chi connectivity index (χ1n) is 6.77. The summed E-state index contributed by atoms with van der Waals surface area (Å²) < 4.78 is 5.29. The average Bonchev–Trinajstić information content (AvgIpc) is 3.22. The van der Waals surface area contributed by atoms with Gasteiger partial charge in [-0.2, -0.15) is 0 Å². The first-order valence-corrected chi connectivity index (χ1v) is 6.77. The van der Waals surface area contributed by atoms with Gasteiger partial charge in [0.25, 0.3) is 0 Å². The number of nitrogens with one attached hydrogen (secondary N) is 1. The topological polar surface area (TPSA) is 80.9 Å². The molecule has 2 aromatic heterocycles. The van der Waals surface area contributed by atoms with Gasteiger partial charge in [-0.1, -0.05) is 0 Å². The quantitative estimate of drug-likeness (QED) is 0.797. The van der Waals surface area contributed by atoms with E-state index in [1.807, 2.05) is 24.3 Å². The van der Waals surface area contributed by atoms with Gasteiger partial charge in [0, 0.05) is 16.9 Å². The van der Waals surface area contributed by atoms with E-state index in [1.54, 1.807) is 6.20 Å². The van der Waals surface area contributed by atoms with Gasteiger partial charge in [0.05, 0.1) is 11.7 Å². The monoisotopic (exact) mass is 280 g/mol. The summed E-state index contributed by atoms with van der Waals surface area (Å²) in [6.45, 7) is 0. The number of nitrogens with zero attached hydrogens (tertiary/aromatic N) is 3. The van der Waals surface area contributed by atoms with Gasteiger partial charge in [-0.25, -0.2) is 4.98 Å². The molecule has 1 fully saturated rings. The smallest absolute Gasteiger partial charge is 0.228 e. The second-order valence-electron chi connectivity index (χ2n) is 5.13. The fraction of sp³-hybridized carbons (Fsp3) is 0.200. The molecule has 3 aromatic rings. The van der Waals surface area contributed by atoms with Gasteiger partial charge in [-0.3, -0.25) is 4.79 Å². The van der Waals surface area contributed by atoms with Gasteiger partial charge >= 0.3 is 0 Å². The van der Waals surface area contributed by atoms with E-state index in [-0.39, 0.29) is 11.8 Å². The largest absolute Gasteiger partial charge is 0.444 e. The Kier molecular flexibility index (Phi) is 2.67. The number of hydrogen-bond acceptors (Lipinski definition) is 5. The zero-order valence-corrected chi connectivity index (χ0v) is 11.1. The molecule has 2 heterocycles. The Labute approximate surface area is 120 Å². The SMILES string of the molecule is O=C(Nc1cc2cc(-c3cnco3)ccc2nn1)C1CC1. The Hall–Kier alpha value is -2.76. The van der Waals surface area contributed by atoms with Crippen LogP contribution in [0, 0.1) is 5.92 Å². The molecule has 6 heteroatoms. The Balaban J connectivity index is 1.69. The lowest BCUT2D eigenvalue weighted by Crippen LogP contribution is -2.14.